The molecule has 0 aromatic carbocycles. The van der Waals surface area contributed by atoms with Crippen LogP contribution >= 0.6 is 0 Å². The zero-order chi connectivity index (χ0) is 15.7. The molecule has 0 amide bonds. The molecule has 3 heterocycles. The Bertz CT molecular complexity index is 634. The highest BCUT2D eigenvalue weighted by Gasteiger charge is 2.27. The fraction of sp³-hybridized carbons (Fsp3) is 0.667. The molecule has 0 radical (unpaired) electrons. The van der Waals surface area contributed by atoms with Crippen LogP contribution in [0.2, 0.25) is 0 Å². The minimum atomic E-state index is 0.535. The van der Waals surface area contributed by atoms with Crippen LogP contribution in [0.3, 0.4) is 0 Å². The molecule has 1 saturated heterocycles. The second kappa shape index (κ2) is 6.18. The zero-order valence-electron chi connectivity index (χ0n) is 13.8. The van der Waals surface area contributed by atoms with Crippen LogP contribution < -0.4 is 0 Å². The lowest BCUT2D eigenvalue weighted by molar-refractivity contribution is 0.210. The SMILES string of the molecule is Cc1cnc(CN2CC[C@H](N(C)Cc3nnc(C)n3C)C2)o1. The Labute approximate surface area is 130 Å². The van der Waals surface area contributed by atoms with Crippen molar-refractivity contribution in [3.05, 3.63) is 29.5 Å². The highest BCUT2D eigenvalue weighted by molar-refractivity contribution is 4.95. The van der Waals surface area contributed by atoms with Crippen molar-refractivity contribution in [3.63, 3.8) is 0 Å². The Morgan fingerprint density at radius 3 is 2.82 bits per heavy atom. The summed E-state index contributed by atoms with van der Waals surface area (Å²) in [4.78, 5) is 9.05. The average molecular weight is 304 g/mol. The third-order valence-electron chi connectivity index (χ3n) is 4.47. The third-order valence-corrected chi connectivity index (χ3v) is 4.47. The summed E-state index contributed by atoms with van der Waals surface area (Å²) < 4.78 is 7.62. The van der Waals surface area contributed by atoms with E-state index in [0.29, 0.717) is 6.04 Å². The smallest absolute Gasteiger partial charge is 0.208 e. The molecular formula is C15H24N6O. The molecule has 1 fully saturated rings. The van der Waals surface area contributed by atoms with Gasteiger partial charge in [-0.25, -0.2) is 4.98 Å². The number of aromatic nitrogens is 4. The monoisotopic (exact) mass is 304 g/mol. The lowest BCUT2D eigenvalue weighted by atomic mass is 10.2. The molecule has 3 rings (SSSR count). The first kappa shape index (κ1) is 15.2. The summed E-state index contributed by atoms with van der Waals surface area (Å²) in [6, 6.07) is 0.535. The number of hydrogen-bond donors (Lipinski definition) is 0. The van der Waals surface area contributed by atoms with Crippen molar-refractivity contribution >= 4 is 0 Å². The lowest BCUT2D eigenvalue weighted by Gasteiger charge is -2.24. The maximum atomic E-state index is 5.57. The summed E-state index contributed by atoms with van der Waals surface area (Å²) >= 11 is 0. The predicted octanol–water partition coefficient (Wildman–Crippen LogP) is 1.13. The summed E-state index contributed by atoms with van der Waals surface area (Å²) in [7, 11) is 4.18. The van der Waals surface area contributed by atoms with Crippen molar-refractivity contribution in [2.75, 3.05) is 20.1 Å². The molecule has 0 aliphatic carbocycles. The maximum Gasteiger partial charge on any atom is 0.208 e. The fourth-order valence-electron chi connectivity index (χ4n) is 2.92. The summed E-state index contributed by atoms with van der Waals surface area (Å²) in [6.45, 7) is 7.64. The van der Waals surface area contributed by atoms with Crippen LogP contribution in [0.5, 0.6) is 0 Å². The number of oxazole rings is 1. The number of likely N-dealkylation sites (N-methyl/N-ethyl adjacent to an activating group) is 1. The minimum Gasteiger partial charge on any atom is -0.445 e. The first-order valence-electron chi connectivity index (χ1n) is 7.71. The summed E-state index contributed by atoms with van der Waals surface area (Å²) in [5.74, 6) is 3.66. The molecule has 120 valence electrons. The van der Waals surface area contributed by atoms with E-state index in [1.165, 1.54) is 0 Å². The Balaban J connectivity index is 1.54. The van der Waals surface area contributed by atoms with Crippen LogP contribution in [0.15, 0.2) is 10.6 Å². The van der Waals surface area contributed by atoms with Crippen molar-refractivity contribution < 1.29 is 4.42 Å². The van der Waals surface area contributed by atoms with Crippen LogP contribution in [-0.2, 0) is 20.1 Å². The molecule has 0 N–H and O–H groups in total. The Morgan fingerprint density at radius 2 is 2.18 bits per heavy atom. The van der Waals surface area contributed by atoms with E-state index in [4.69, 9.17) is 4.42 Å². The van der Waals surface area contributed by atoms with Crippen LogP contribution in [0.1, 0.15) is 29.7 Å². The second-order valence-corrected chi connectivity index (χ2v) is 6.18. The Morgan fingerprint density at radius 1 is 1.36 bits per heavy atom. The van der Waals surface area contributed by atoms with Crippen LogP contribution in [0, 0.1) is 13.8 Å². The summed E-state index contributed by atoms with van der Waals surface area (Å²) in [5.41, 5.74) is 0. The van der Waals surface area contributed by atoms with Gasteiger partial charge in [0.2, 0.25) is 5.89 Å². The van der Waals surface area contributed by atoms with Crippen LogP contribution in [0.25, 0.3) is 0 Å². The molecule has 0 saturated carbocycles. The highest BCUT2D eigenvalue weighted by atomic mass is 16.4. The van der Waals surface area contributed by atoms with Gasteiger partial charge in [0.05, 0.1) is 19.3 Å². The largest absolute Gasteiger partial charge is 0.445 e. The zero-order valence-corrected chi connectivity index (χ0v) is 13.8. The van der Waals surface area contributed by atoms with E-state index in [1.54, 1.807) is 6.20 Å². The molecule has 0 unspecified atom stereocenters. The van der Waals surface area contributed by atoms with Gasteiger partial charge in [0.15, 0.2) is 0 Å². The van der Waals surface area contributed by atoms with Crippen LogP contribution in [-0.4, -0.2) is 55.7 Å². The van der Waals surface area contributed by atoms with E-state index in [9.17, 15) is 0 Å². The fourth-order valence-corrected chi connectivity index (χ4v) is 2.92. The normalized spacial score (nSPS) is 19.4. The van der Waals surface area contributed by atoms with E-state index in [2.05, 4.69) is 36.6 Å². The van der Waals surface area contributed by atoms with Gasteiger partial charge in [-0.15, -0.1) is 10.2 Å². The number of likely N-dealkylation sites (tertiary alicyclic amines) is 1. The van der Waals surface area contributed by atoms with E-state index in [1.807, 2.05) is 20.9 Å². The van der Waals surface area contributed by atoms with Gasteiger partial charge in [0.1, 0.15) is 17.4 Å². The van der Waals surface area contributed by atoms with Gasteiger partial charge in [0, 0.05) is 26.2 Å². The van der Waals surface area contributed by atoms with E-state index < -0.39 is 0 Å². The van der Waals surface area contributed by atoms with Crippen molar-refractivity contribution in [2.45, 2.75) is 39.4 Å². The molecule has 22 heavy (non-hydrogen) atoms. The van der Waals surface area contributed by atoms with Crippen LogP contribution in [0.4, 0.5) is 0 Å². The molecule has 2 aromatic heterocycles. The van der Waals surface area contributed by atoms with Gasteiger partial charge >= 0.3 is 0 Å². The van der Waals surface area contributed by atoms with E-state index in [-0.39, 0.29) is 0 Å². The minimum absolute atomic E-state index is 0.535. The van der Waals surface area contributed by atoms with Crippen molar-refractivity contribution in [1.82, 2.24) is 29.5 Å². The molecule has 7 nitrogen and oxygen atoms in total. The predicted molar refractivity (Wildman–Crippen MR) is 82.1 cm³/mol. The van der Waals surface area contributed by atoms with Gasteiger partial charge < -0.3 is 8.98 Å². The second-order valence-electron chi connectivity index (χ2n) is 6.18. The number of hydrogen-bond acceptors (Lipinski definition) is 6. The number of nitrogens with zero attached hydrogens (tertiary/aromatic N) is 6. The standard InChI is InChI=1S/C15H24N6O/c1-11-7-16-15(22-11)10-21-6-5-13(8-21)19(3)9-14-18-17-12(2)20(14)4/h7,13H,5-6,8-10H2,1-4H3/t13-/m0/s1. The van der Waals surface area contributed by atoms with Gasteiger partial charge in [-0.1, -0.05) is 0 Å². The highest BCUT2D eigenvalue weighted by Crippen LogP contribution is 2.18. The van der Waals surface area contributed by atoms with Gasteiger partial charge in [-0.05, 0) is 27.3 Å². The van der Waals surface area contributed by atoms with Crippen molar-refractivity contribution in [3.8, 4) is 0 Å². The van der Waals surface area contributed by atoms with Crippen molar-refractivity contribution in [1.29, 1.82) is 0 Å². The molecule has 1 aliphatic heterocycles. The van der Waals surface area contributed by atoms with E-state index >= 15 is 0 Å². The molecule has 1 aliphatic rings. The Hall–Kier alpha value is -1.73. The first-order chi connectivity index (χ1) is 10.5. The molecule has 7 heteroatoms. The Kier molecular flexibility index (Phi) is 4.26. The topological polar surface area (TPSA) is 63.2 Å². The van der Waals surface area contributed by atoms with Gasteiger partial charge in [-0.3, -0.25) is 9.80 Å². The number of rotatable bonds is 5. The van der Waals surface area contributed by atoms with E-state index in [0.717, 1.165) is 55.9 Å². The average Bonchev–Trinajstić information content (AvgIpc) is 3.17. The molecule has 0 bridgehead atoms. The first-order valence-corrected chi connectivity index (χ1v) is 7.71. The van der Waals surface area contributed by atoms with Gasteiger partial charge in [-0.2, -0.15) is 0 Å². The molecule has 2 aromatic rings. The summed E-state index contributed by atoms with van der Waals surface area (Å²) in [6.07, 6.45) is 2.94. The summed E-state index contributed by atoms with van der Waals surface area (Å²) in [5, 5.41) is 8.37. The molecule has 1 atom stereocenters. The van der Waals surface area contributed by atoms with Gasteiger partial charge in [0.25, 0.3) is 0 Å². The molecule has 0 spiro atoms. The number of aryl methyl sites for hydroxylation is 2. The maximum absolute atomic E-state index is 5.57. The molecular weight excluding hydrogens is 280 g/mol. The quantitative estimate of drug-likeness (QED) is 0.825. The lowest BCUT2D eigenvalue weighted by Crippen LogP contribution is -2.34. The van der Waals surface area contributed by atoms with Crippen molar-refractivity contribution in [2.24, 2.45) is 7.05 Å². The third kappa shape index (κ3) is 3.20.